The van der Waals surface area contributed by atoms with Crippen LogP contribution in [-0.4, -0.2) is 35.5 Å². The Labute approximate surface area is 132 Å². The lowest BCUT2D eigenvalue weighted by Gasteiger charge is -2.32. The number of hydrogen-bond donors (Lipinski definition) is 0. The molecule has 0 heterocycles. The van der Waals surface area contributed by atoms with E-state index in [1.165, 1.54) is 0 Å². The number of ketones is 2. The molecule has 0 saturated carbocycles. The summed E-state index contributed by atoms with van der Waals surface area (Å²) in [6.07, 6.45) is -9.22. The molecule has 0 amide bonds. The fourth-order valence-electron chi connectivity index (χ4n) is 1.57. The molecule has 0 bridgehead atoms. The molecule has 1 aromatic rings. The SMILES string of the molecule is O=C(CC(=O)C(F)(F)C(F)(F)C(F)(F)C(F)(F)F)c1cccc(F)c1. The summed E-state index contributed by atoms with van der Waals surface area (Å²) in [7, 11) is 0. The van der Waals surface area contributed by atoms with Crippen molar-refractivity contribution in [3.05, 3.63) is 35.6 Å². The van der Waals surface area contributed by atoms with Crippen molar-refractivity contribution in [2.24, 2.45) is 0 Å². The van der Waals surface area contributed by atoms with Gasteiger partial charge in [0.2, 0.25) is 5.78 Å². The van der Waals surface area contributed by atoms with Crippen LogP contribution in [-0.2, 0) is 4.79 Å². The molecule has 12 heteroatoms. The van der Waals surface area contributed by atoms with Crippen LogP contribution in [0.1, 0.15) is 16.8 Å². The van der Waals surface area contributed by atoms with E-state index in [1.54, 1.807) is 0 Å². The van der Waals surface area contributed by atoms with Crippen molar-refractivity contribution in [1.82, 2.24) is 0 Å². The number of rotatable bonds is 6. The zero-order valence-corrected chi connectivity index (χ0v) is 11.6. The normalized spacial score (nSPS) is 13.7. The summed E-state index contributed by atoms with van der Waals surface area (Å²) < 4.78 is 126. The number of carbonyl (C=O) groups is 2. The molecular formula is C13H6F10O2. The number of benzene rings is 1. The van der Waals surface area contributed by atoms with Gasteiger partial charge in [0.1, 0.15) is 5.82 Å². The third-order valence-corrected chi connectivity index (χ3v) is 2.96. The van der Waals surface area contributed by atoms with Gasteiger partial charge in [0.25, 0.3) is 0 Å². The van der Waals surface area contributed by atoms with Gasteiger partial charge in [-0.25, -0.2) is 4.39 Å². The number of hydrogen-bond acceptors (Lipinski definition) is 2. The minimum absolute atomic E-state index is 0.427. The largest absolute Gasteiger partial charge is 0.460 e. The van der Waals surface area contributed by atoms with Crippen molar-refractivity contribution in [1.29, 1.82) is 0 Å². The molecule has 0 saturated heterocycles. The molecule has 0 spiro atoms. The Hall–Kier alpha value is -2.14. The summed E-state index contributed by atoms with van der Waals surface area (Å²) in [5, 5.41) is 0. The van der Waals surface area contributed by atoms with Gasteiger partial charge in [-0.1, -0.05) is 12.1 Å². The molecule has 0 aliphatic heterocycles. The number of alkyl halides is 9. The lowest BCUT2D eigenvalue weighted by Crippen LogP contribution is -2.63. The highest BCUT2D eigenvalue weighted by molar-refractivity contribution is 6.10. The summed E-state index contributed by atoms with van der Waals surface area (Å²) in [6, 6.07) is 2.90. The minimum atomic E-state index is -7.24. The molecule has 2 nitrogen and oxygen atoms in total. The van der Waals surface area contributed by atoms with E-state index in [0.29, 0.717) is 6.07 Å². The number of Topliss-reactive ketones (excluding diaryl/α,β-unsaturated/α-hetero) is 2. The predicted octanol–water partition coefficient (Wildman–Crippen LogP) is 4.44. The molecule has 140 valence electrons. The highest BCUT2D eigenvalue weighted by atomic mass is 19.4. The average molecular weight is 384 g/mol. The zero-order valence-electron chi connectivity index (χ0n) is 11.6. The number of carbonyl (C=O) groups excluding carboxylic acids is 2. The van der Waals surface area contributed by atoms with Crippen LogP contribution < -0.4 is 0 Å². The average Bonchev–Trinajstić information content (AvgIpc) is 2.45. The van der Waals surface area contributed by atoms with E-state index in [-0.39, 0.29) is 0 Å². The Kier molecular flexibility index (Phi) is 5.27. The molecule has 0 radical (unpaired) electrons. The predicted molar refractivity (Wildman–Crippen MR) is 61.3 cm³/mol. The summed E-state index contributed by atoms with van der Waals surface area (Å²) >= 11 is 0. The van der Waals surface area contributed by atoms with E-state index < -0.39 is 53.3 Å². The van der Waals surface area contributed by atoms with Crippen molar-refractivity contribution >= 4 is 11.6 Å². The molecule has 0 aliphatic rings. The molecular weight excluding hydrogens is 378 g/mol. The van der Waals surface area contributed by atoms with Gasteiger partial charge in [0.15, 0.2) is 5.78 Å². The Balaban J connectivity index is 3.12. The molecule has 0 unspecified atom stereocenters. The maximum atomic E-state index is 13.3. The van der Waals surface area contributed by atoms with Gasteiger partial charge in [-0.05, 0) is 12.1 Å². The van der Waals surface area contributed by atoms with Crippen LogP contribution in [0.2, 0.25) is 0 Å². The second kappa shape index (κ2) is 6.30. The first-order valence-corrected chi connectivity index (χ1v) is 6.08. The quantitative estimate of drug-likeness (QED) is 0.413. The van der Waals surface area contributed by atoms with E-state index in [0.717, 1.165) is 18.2 Å². The molecule has 0 aromatic heterocycles. The zero-order chi connectivity index (χ0) is 19.8. The maximum absolute atomic E-state index is 13.3. The highest BCUT2D eigenvalue weighted by Crippen LogP contribution is 2.53. The third-order valence-electron chi connectivity index (χ3n) is 2.96. The molecule has 1 rings (SSSR count). The summed E-state index contributed by atoms with van der Waals surface area (Å²) in [4.78, 5) is 22.6. The lowest BCUT2D eigenvalue weighted by molar-refractivity contribution is -0.388. The fraction of sp³-hybridized carbons (Fsp3) is 0.385. The molecule has 0 atom stereocenters. The van der Waals surface area contributed by atoms with Crippen LogP contribution in [0.3, 0.4) is 0 Å². The number of halogens is 10. The van der Waals surface area contributed by atoms with E-state index in [4.69, 9.17) is 0 Å². The minimum Gasteiger partial charge on any atom is -0.294 e. The van der Waals surface area contributed by atoms with Gasteiger partial charge in [-0.2, -0.15) is 39.5 Å². The first-order valence-electron chi connectivity index (χ1n) is 6.08. The maximum Gasteiger partial charge on any atom is 0.460 e. The van der Waals surface area contributed by atoms with Crippen LogP contribution in [0.25, 0.3) is 0 Å². The van der Waals surface area contributed by atoms with Crippen LogP contribution in [0.5, 0.6) is 0 Å². The van der Waals surface area contributed by atoms with Crippen molar-refractivity contribution in [2.45, 2.75) is 30.4 Å². The highest BCUT2D eigenvalue weighted by Gasteiger charge is 2.83. The molecule has 1 aromatic carbocycles. The first-order chi connectivity index (χ1) is 11.1. The van der Waals surface area contributed by atoms with Crippen LogP contribution >= 0.6 is 0 Å². The summed E-state index contributed by atoms with van der Waals surface area (Å²) in [5.74, 6) is -26.8. The van der Waals surface area contributed by atoms with Gasteiger partial charge in [0.05, 0.1) is 6.42 Å². The van der Waals surface area contributed by atoms with E-state index in [9.17, 15) is 53.5 Å². The Morgan fingerprint density at radius 2 is 1.36 bits per heavy atom. The Bertz CT molecular complexity index is 678. The first kappa shape index (κ1) is 20.9. The Morgan fingerprint density at radius 1 is 0.840 bits per heavy atom. The topological polar surface area (TPSA) is 34.1 Å². The van der Waals surface area contributed by atoms with E-state index in [2.05, 4.69) is 0 Å². The molecule has 0 aliphatic carbocycles. The fourth-order valence-corrected chi connectivity index (χ4v) is 1.57. The standard InChI is InChI=1S/C13H6F10O2/c14-7-3-1-2-6(4-7)8(24)5-9(25)10(15,16)11(17,18)12(19,20)13(21,22)23/h1-4H,5H2. The smallest absolute Gasteiger partial charge is 0.294 e. The van der Waals surface area contributed by atoms with Crippen molar-refractivity contribution in [2.75, 3.05) is 0 Å². The monoisotopic (exact) mass is 384 g/mol. The van der Waals surface area contributed by atoms with Crippen molar-refractivity contribution in [3.63, 3.8) is 0 Å². The van der Waals surface area contributed by atoms with Crippen molar-refractivity contribution in [3.8, 4) is 0 Å². The van der Waals surface area contributed by atoms with Crippen LogP contribution in [0.4, 0.5) is 43.9 Å². The van der Waals surface area contributed by atoms with Gasteiger partial charge in [-0.3, -0.25) is 9.59 Å². The summed E-state index contributed by atoms with van der Waals surface area (Å²) in [5.41, 5.74) is -0.741. The second-order valence-electron chi connectivity index (χ2n) is 4.75. The van der Waals surface area contributed by atoms with Gasteiger partial charge in [-0.15, -0.1) is 0 Å². The lowest BCUT2D eigenvalue weighted by atomic mass is 9.95. The van der Waals surface area contributed by atoms with Crippen molar-refractivity contribution < 1.29 is 53.5 Å². The van der Waals surface area contributed by atoms with Gasteiger partial charge >= 0.3 is 23.9 Å². The van der Waals surface area contributed by atoms with E-state index >= 15 is 0 Å². The van der Waals surface area contributed by atoms with Crippen LogP contribution in [0, 0.1) is 5.82 Å². The van der Waals surface area contributed by atoms with E-state index in [1.807, 2.05) is 0 Å². The molecule has 0 N–H and O–H groups in total. The second-order valence-corrected chi connectivity index (χ2v) is 4.75. The van der Waals surface area contributed by atoms with Gasteiger partial charge < -0.3 is 0 Å². The van der Waals surface area contributed by atoms with Crippen LogP contribution in [0.15, 0.2) is 24.3 Å². The van der Waals surface area contributed by atoms with Gasteiger partial charge in [0, 0.05) is 5.56 Å². The summed E-state index contributed by atoms with van der Waals surface area (Å²) in [6.45, 7) is 0. The molecule has 25 heavy (non-hydrogen) atoms. The Morgan fingerprint density at radius 3 is 1.80 bits per heavy atom. The molecule has 0 fully saturated rings. The third kappa shape index (κ3) is 3.61.